The highest BCUT2D eigenvalue weighted by atomic mass is 35.5. The molecule has 0 spiro atoms. The number of rotatable bonds is 3. The van der Waals surface area contributed by atoms with Crippen molar-refractivity contribution in [3.05, 3.63) is 28.8 Å². The van der Waals surface area contributed by atoms with Crippen molar-refractivity contribution in [1.82, 2.24) is 9.21 Å². The van der Waals surface area contributed by atoms with Crippen molar-refractivity contribution in [1.29, 1.82) is 0 Å². The zero-order chi connectivity index (χ0) is 15.6. The summed E-state index contributed by atoms with van der Waals surface area (Å²) in [6, 6.07) is 4.61. The van der Waals surface area contributed by atoms with Crippen LogP contribution in [0.3, 0.4) is 0 Å². The van der Waals surface area contributed by atoms with Gasteiger partial charge in [0, 0.05) is 26.7 Å². The van der Waals surface area contributed by atoms with E-state index in [2.05, 4.69) is 0 Å². The van der Waals surface area contributed by atoms with E-state index < -0.39 is 10.0 Å². The van der Waals surface area contributed by atoms with Crippen LogP contribution < -0.4 is 5.73 Å². The predicted molar refractivity (Wildman–Crippen MR) is 80.4 cm³/mol. The molecule has 21 heavy (non-hydrogen) atoms. The Bertz CT molecular complexity index is 648. The molecule has 0 radical (unpaired) electrons. The van der Waals surface area contributed by atoms with Gasteiger partial charge in [-0.1, -0.05) is 17.7 Å². The summed E-state index contributed by atoms with van der Waals surface area (Å²) in [5, 5.41) is 0.128. The zero-order valence-corrected chi connectivity index (χ0v) is 13.3. The maximum absolute atomic E-state index is 12.7. The molecule has 116 valence electrons. The first-order chi connectivity index (χ1) is 9.86. The quantitative estimate of drug-likeness (QED) is 0.881. The summed E-state index contributed by atoms with van der Waals surface area (Å²) in [6.45, 7) is 0.971. The molecule has 0 atom stereocenters. The number of sulfonamides is 1. The molecular weight excluding hydrogens is 314 g/mol. The standard InChI is InChI=1S/C13H18ClN3O3S/c1-16-5-2-6-17(9-13(16)18)21(19,20)12-4-3-10(8-15)7-11(12)14/h3-4,7H,2,5-6,8-9,15H2,1H3. The number of carbonyl (C=O) groups excluding carboxylic acids is 1. The number of hydrogen-bond acceptors (Lipinski definition) is 4. The normalized spacial score (nSPS) is 17.9. The molecular formula is C13H18ClN3O3S. The molecule has 0 unspecified atom stereocenters. The Morgan fingerprint density at radius 1 is 1.33 bits per heavy atom. The Balaban J connectivity index is 2.35. The molecule has 2 N–H and O–H groups in total. The van der Waals surface area contributed by atoms with Gasteiger partial charge in [0.15, 0.2) is 0 Å². The lowest BCUT2D eigenvalue weighted by atomic mass is 10.2. The van der Waals surface area contributed by atoms with Gasteiger partial charge in [0.1, 0.15) is 4.90 Å². The molecule has 1 aromatic rings. The van der Waals surface area contributed by atoms with E-state index in [1.165, 1.54) is 15.3 Å². The summed E-state index contributed by atoms with van der Waals surface area (Å²) >= 11 is 6.06. The van der Waals surface area contributed by atoms with Crippen LogP contribution in [0.2, 0.25) is 5.02 Å². The molecule has 0 bridgehead atoms. The van der Waals surface area contributed by atoms with Crippen LogP contribution in [0.4, 0.5) is 0 Å². The summed E-state index contributed by atoms with van der Waals surface area (Å²) in [5.74, 6) is -0.217. The molecule has 1 saturated heterocycles. The van der Waals surface area contributed by atoms with E-state index in [1.54, 1.807) is 19.2 Å². The highest BCUT2D eigenvalue weighted by Gasteiger charge is 2.31. The van der Waals surface area contributed by atoms with Gasteiger partial charge in [-0.2, -0.15) is 4.31 Å². The van der Waals surface area contributed by atoms with E-state index in [4.69, 9.17) is 17.3 Å². The van der Waals surface area contributed by atoms with Crippen LogP contribution in [0.5, 0.6) is 0 Å². The Morgan fingerprint density at radius 2 is 2.05 bits per heavy atom. The van der Waals surface area contributed by atoms with E-state index in [1.807, 2.05) is 0 Å². The summed E-state index contributed by atoms with van der Waals surface area (Å²) in [7, 11) is -2.12. The second kappa shape index (κ2) is 6.31. The van der Waals surface area contributed by atoms with Gasteiger partial charge in [0.25, 0.3) is 0 Å². The van der Waals surface area contributed by atoms with Gasteiger partial charge < -0.3 is 10.6 Å². The Morgan fingerprint density at radius 3 is 2.67 bits per heavy atom. The van der Waals surface area contributed by atoms with Crippen molar-refractivity contribution < 1.29 is 13.2 Å². The van der Waals surface area contributed by atoms with Crippen molar-refractivity contribution >= 4 is 27.5 Å². The molecule has 1 fully saturated rings. The maximum Gasteiger partial charge on any atom is 0.245 e. The van der Waals surface area contributed by atoms with Crippen LogP contribution in [0.15, 0.2) is 23.1 Å². The van der Waals surface area contributed by atoms with E-state index >= 15 is 0 Å². The number of hydrogen-bond donors (Lipinski definition) is 1. The molecule has 1 amide bonds. The van der Waals surface area contributed by atoms with Gasteiger partial charge in [0.05, 0.1) is 11.6 Å². The summed E-state index contributed by atoms with van der Waals surface area (Å²) < 4.78 is 26.5. The molecule has 1 aliphatic heterocycles. The van der Waals surface area contributed by atoms with Crippen LogP contribution in [-0.4, -0.2) is 50.2 Å². The number of nitrogens with zero attached hydrogens (tertiary/aromatic N) is 2. The van der Waals surface area contributed by atoms with Gasteiger partial charge in [0.2, 0.25) is 15.9 Å². The van der Waals surface area contributed by atoms with Crippen LogP contribution >= 0.6 is 11.6 Å². The maximum atomic E-state index is 12.7. The van der Waals surface area contributed by atoms with Crippen molar-refractivity contribution in [2.75, 3.05) is 26.7 Å². The topological polar surface area (TPSA) is 83.7 Å². The average Bonchev–Trinajstić information content (AvgIpc) is 2.61. The first-order valence-corrected chi connectivity index (χ1v) is 8.40. The van der Waals surface area contributed by atoms with Crippen LogP contribution in [0, 0.1) is 0 Å². The number of nitrogens with two attached hydrogens (primary N) is 1. The molecule has 6 nitrogen and oxygen atoms in total. The minimum absolute atomic E-state index is 0.0127. The number of halogens is 1. The molecule has 1 heterocycles. The second-order valence-corrected chi connectivity index (χ2v) is 7.29. The Labute approximate surface area is 129 Å². The van der Waals surface area contributed by atoms with Gasteiger partial charge >= 0.3 is 0 Å². The molecule has 2 rings (SSSR count). The van der Waals surface area contributed by atoms with E-state index in [-0.39, 0.29) is 28.9 Å². The summed E-state index contributed by atoms with van der Waals surface area (Å²) in [6.07, 6.45) is 0.597. The van der Waals surface area contributed by atoms with E-state index in [0.29, 0.717) is 19.5 Å². The molecule has 1 aliphatic rings. The predicted octanol–water partition coefficient (Wildman–Crippen LogP) is 0.652. The second-order valence-electron chi connectivity index (χ2n) is 4.98. The fourth-order valence-electron chi connectivity index (χ4n) is 2.18. The van der Waals surface area contributed by atoms with Gasteiger partial charge in [-0.05, 0) is 24.1 Å². The lowest BCUT2D eigenvalue weighted by Crippen LogP contribution is -2.38. The fourth-order valence-corrected chi connectivity index (χ4v) is 4.15. The first kappa shape index (κ1) is 16.2. The molecule has 0 aliphatic carbocycles. The summed E-state index contributed by atoms with van der Waals surface area (Å²) in [5.41, 5.74) is 6.26. The molecule has 8 heteroatoms. The van der Waals surface area contributed by atoms with Gasteiger partial charge in [-0.15, -0.1) is 0 Å². The monoisotopic (exact) mass is 331 g/mol. The van der Waals surface area contributed by atoms with Gasteiger partial charge in [-0.25, -0.2) is 8.42 Å². The van der Waals surface area contributed by atoms with Crippen LogP contribution in [0.1, 0.15) is 12.0 Å². The first-order valence-electron chi connectivity index (χ1n) is 6.59. The summed E-state index contributed by atoms with van der Waals surface area (Å²) in [4.78, 5) is 13.4. The average molecular weight is 332 g/mol. The zero-order valence-electron chi connectivity index (χ0n) is 11.8. The minimum atomic E-state index is -3.78. The Kier molecular flexibility index (Phi) is 4.88. The fraction of sp³-hybridized carbons (Fsp3) is 0.462. The SMILES string of the molecule is CN1CCCN(S(=O)(=O)c2ccc(CN)cc2Cl)CC1=O. The highest BCUT2D eigenvalue weighted by molar-refractivity contribution is 7.89. The smallest absolute Gasteiger partial charge is 0.245 e. The van der Waals surface area contributed by atoms with Crippen molar-refractivity contribution in [3.8, 4) is 0 Å². The van der Waals surface area contributed by atoms with Gasteiger partial charge in [-0.3, -0.25) is 4.79 Å². The third kappa shape index (κ3) is 3.37. The molecule has 1 aromatic carbocycles. The molecule has 0 aromatic heterocycles. The van der Waals surface area contributed by atoms with Crippen molar-refractivity contribution in [3.63, 3.8) is 0 Å². The number of benzene rings is 1. The van der Waals surface area contributed by atoms with E-state index in [9.17, 15) is 13.2 Å². The lowest BCUT2D eigenvalue weighted by molar-refractivity contribution is -0.129. The molecule has 0 saturated carbocycles. The third-order valence-corrected chi connectivity index (χ3v) is 5.82. The highest BCUT2D eigenvalue weighted by Crippen LogP contribution is 2.26. The number of amides is 1. The van der Waals surface area contributed by atoms with Crippen molar-refractivity contribution in [2.45, 2.75) is 17.9 Å². The third-order valence-electron chi connectivity index (χ3n) is 3.49. The van der Waals surface area contributed by atoms with E-state index in [0.717, 1.165) is 5.56 Å². The Hall–Kier alpha value is -1.15. The number of likely N-dealkylation sites (N-methyl/N-ethyl adjacent to an activating group) is 1. The lowest BCUT2D eigenvalue weighted by Gasteiger charge is -2.20. The largest absolute Gasteiger partial charge is 0.345 e. The number of carbonyl (C=O) groups is 1. The minimum Gasteiger partial charge on any atom is -0.345 e. The van der Waals surface area contributed by atoms with Crippen LogP contribution in [0.25, 0.3) is 0 Å². The van der Waals surface area contributed by atoms with Crippen molar-refractivity contribution in [2.24, 2.45) is 5.73 Å². The van der Waals surface area contributed by atoms with Crippen LogP contribution in [-0.2, 0) is 21.4 Å².